The van der Waals surface area contributed by atoms with E-state index in [0.717, 1.165) is 0 Å². The van der Waals surface area contributed by atoms with Gasteiger partial charge < -0.3 is 25.4 Å². The molecule has 2 aromatic carbocycles. The standard InChI is InChI=1S/C24H27ClN4O5/c1-4-34-23(31)21-19(13-29(2)14-20(30)26-18-8-6-5-7-17(18)25)27-24(32)28-22(21)15-9-11-16(33-3)12-10-15/h5-12,22H,4,13-14H2,1-3H3,(H,26,30)(H2,27,28,32). The summed E-state index contributed by atoms with van der Waals surface area (Å²) < 4.78 is 10.5. The molecule has 3 amide bonds. The van der Waals surface area contributed by atoms with Crippen LogP contribution in [0.3, 0.4) is 0 Å². The summed E-state index contributed by atoms with van der Waals surface area (Å²) in [6.07, 6.45) is 0. The van der Waals surface area contributed by atoms with Gasteiger partial charge in [-0.3, -0.25) is 9.69 Å². The molecular weight excluding hydrogens is 460 g/mol. The molecule has 180 valence electrons. The van der Waals surface area contributed by atoms with Crippen molar-refractivity contribution in [3.63, 3.8) is 0 Å². The largest absolute Gasteiger partial charge is 0.497 e. The monoisotopic (exact) mass is 486 g/mol. The Kier molecular flexibility index (Phi) is 8.50. The van der Waals surface area contributed by atoms with Crippen molar-refractivity contribution < 1.29 is 23.9 Å². The van der Waals surface area contributed by atoms with Crippen LogP contribution in [-0.4, -0.2) is 56.7 Å². The van der Waals surface area contributed by atoms with Crippen LogP contribution >= 0.6 is 11.6 Å². The van der Waals surface area contributed by atoms with Gasteiger partial charge in [0.15, 0.2) is 0 Å². The van der Waals surface area contributed by atoms with E-state index in [0.29, 0.717) is 27.7 Å². The van der Waals surface area contributed by atoms with E-state index in [1.165, 1.54) is 0 Å². The number of hydrogen-bond donors (Lipinski definition) is 3. The highest BCUT2D eigenvalue weighted by atomic mass is 35.5. The van der Waals surface area contributed by atoms with Gasteiger partial charge in [0.2, 0.25) is 5.91 Å². The van der Waals surface area contributed by atoms with Crippen molar-refractivity contribution >= 4 is 35.2 Å². The van der Waals surface area contributed by atoms with Crippen LogP contribution in [0, 0.1) is 0 Å². The van der Waals surface area contributed by atoms with E-state index < -0.39 is 18.0 Å². The number of anilines is 1. The summed E-state index contributed by atoms with van der Waals surface area (Å²) in [6.45, 7) is 2.01. The number of esters is 1. The molecule has 0 fully saturated rings. The fourth-order valence-electron chi connectivity index (χ4n) is 3.56. The fraction of sp³-hybridized carbons (Fsp3) is 0.292. The van der Waals surface area contributed by atoms with Crippen LogP contribution in [0.15, 0.2) is 59.8 Å². The molecule has 34 heavy (non-hydrogen) atoms. The van der Waals surface area contributed by atoms with Crippen LogP contribution < -0.4 is 20.7 Å². The lowest BCUT2D eigenvalue weighted by molar-refractivity contribution is -0.139. The topological polar surface area (TPSA) is 109 Å². The molecule has 9 nitrogen and oxygen atoms in total. The number of carbonyl (C=O) groups excluding carboxylic acids is 3. The number of carbonyl (C=O) groups is 3. The van der Waals surface area contributed by atoms with Crippen molar-refractivity contribution in [2.45, 2.75) is 13.0 Å². The number of methoxy groups -OCH3 is 1. The number of likely N-dealkylation sites (N-methyl/N-ethyl adjacent to an activating group) is 1. The number of ether oxygens (including phenoxy) is 2. The second kappa shape index (κ2) is 11.5. The van der Waals surface area contributed by atoms with Crippen molar-refractivity contribution in [2.24, 2.45) is 0 Å². The molecular formula is C24H27ClN4O5. The molecule has 0 aliphatic carbocycles. The maximum atomic E-state index is 12.9. The fourth-order valence-corrected chi connectivity index (χ4v) is 3.75. The molecule has 1 heterocycles. The molecule has 10 heteroatoms. The minimum Gasteiger partial charge on any atom is -0.497 e. The average Bonchev–Trinajstić information content (AvgIpc) is 2.80. The molecule has 1 aliphatic rings. The van der Waals surface area contributed by atoms with Gasteiger partial charge in [0.1, 0.15) is 5.75 Å². The number of urea groups is 1. The molecule has 1 unspecified atom stereocenters. The van der Waals surface area contributed by atoms with Crippen LogP contribution in [0.4, 0.5) is 10.5 Å². The first kappa shape index (κ1) is 25.1. The average molecular weight is 487 g/mol. The van der Waals surface area contributed by atoms with Crippen LogP contribution in [0.2, 0.25) is 5.02 Å². The summed E-state index contributed by atoms with van der Waals surface area (Å²) in [6, 6.07) is 12.8. The second-order valence-electron chi connectivity index (χ2n) is 7.62. The van der Waals surface area contributed by atoms with E-state index in [9.17, 15) is 14.4 Å². The molecule has 0 aromatic heterocycles. The molecule has 1 atom stereocenters. The highest BCUT2D eigenvalue weighted by Crippen LogP contribution is 2.29. The molecule has 0 radical (unpaired) electrons. The summed E-state index contributed by atoms with van der Waals surface area (Å²) >= 11 is 6.10. The quantitative estimate of drug-likeness (QED) is 0.470. The summed E-state index contributed by atoms with van der Waals surface area (Å²) in [7, 11) is 3.26. The smallest absolute Gasteiger partial charge is 0.338 e. The summed E-state index contributed by atoms with van der Waals surface area (Å²) in [4.78, 5) is 39.5. The van der Waals surface area contributed by atoms with Gasteiger partial charge in [-0.1, -0.05) is 35.9 Å². The molecule has 0 saturated heterocycles. The molecule has 0 bridgehead atoms. The van der Waals surface area contributed by atoms with Gasteiger partial charge in [0.25, 0.3) is 0 Å². The Morgan fingerprint density at radius 2 is 1.85 bits per heavy atom. The molecule has 1 aliphatic heterocycles. The number of halogens is 1. The van der Waals surface area contributed by atoms with Gasteiger partial charge in [0, 0.05) is 12.2 Å². The highest BCUT2D eigenvalue weighted by Gasteiger charge is 2.34. The van der Waals surface area contributed by atoms with Gasteiger partial charge in [-0.15, -0.1) is 0 Å². The van der Waals surface area contributed by atoms with Gasteiger partial charge in [-0.2, -0.15) is 0 Å². The zero-order chi connectivity index (χ0) is 24.7. The Bertz CT molecular complexity index is 1090. The number of rotatable bonds is 9. The van der Waals surface area contributed by atoms with Crippen LogP contribution in [0.1, 0.15) is 18.5 Å². The lowest BCUT2D eigenvalue weighted by Gasteiger charge is -2.31. The third kappa shape index (κ3) is 6.27. The minimum atomic E-state index is -0.723. The molecule has 3 N–H and O–H groups in total. The SMILES string of the molecule is CCOC(=O)C1=C(CN(C)CC(=O)Nc2ccccc2Cl)NC(=O)NC1c1ccc(OC)cc1. The van der Waals surface area contributed by atoms with E-state index in [1.807, 2.05) is 0 Å². The molecule has 2 aromatic rings. The highest BCUT2D eigenvalue weighted by molar-refractivity contribution is 6.33. The minimum absolute atomic E-state index is 0.00132. The van der Waals surface area contributed by atoms with Crippen molar-refractivity contribution in [2.75, 3.05) is 39.2 Å². The number of benzene rings is 2. The molecule has 3 rings (SSSR count). The van der Waals surface area contributed by atoms with Gasteiger partial charge >= 0.3 is 12.0 Å². The molecule has 0 spiro atoms. The maximum absolute atomic E-state index is 12.9. The lowest BCUT2D eigenvalue weighted by atomic mass is 9.95. The third-order valence-electron chi connectivity index (χ3n) is 5.09. The van der Waals surface area contributed by atoms with Gasteiger partial charge in [-0.05, 0) is 43.8 Å². The van der Waals surface area contributed by atoms with E-state index in [4.69, 9.17) is 21.1 Å². The van der Waals surface area contributed by atoms with Crippen molar-refractivity contribution in [1.82, 2.24) is 15.5 Å². The van der Waals surface area contributed by atoms with Crippen LogP contribution in [0.25, 0.3) is 0 Å². The Hall–Kier alpha value is -3.56. The van der Waals surface area contributed by atoms with Crippen molar-refractivity contribution in [3.05, 3.63) is 70.4 Å². The Morgan fingerprint density at radius 3 is 2.50 bits per heavy atom. The second-order valence-corrected chi connectivity index (χ2v) is 8.02. The first-order chi connectivity index (χ1) is 16.3. The zero-order valence-corrected chi connectivity index (χ0v) is 19.9. The molecule has 0 saturated carbocycles. The normalized spacial score (nSPS) is 15.4. The summed E-state index contributed by atoms with van der Waals surface area (Å²) in [5, 5.41) is 8.67. The van der Waals surface area contributed by atoms with E-state index in [1.54, 1.807) is 74.5 Å². The van der Waals surface area contributed by atoms with Crippen LogP contribution in [0.5, 0.6) is 5.75 Å². The van der Waals surface area contributed by atoms with Gasteiger partial charge in [-0.25, -0.2) is 9.59 Å². The first-order valence-corrected chi connectivity index (χ1v) is 11.0. The van der Waals surface area contributed by atoms with E-state index in [-0.39, 0.29) is 31.2 Å². The summed E-state index contributed by atoms with van der Waals surface area (Å²) in [5.74, 6) is -0.198. The lowest BCUT2D eigenvalue weighted by Crippen LogP contribution is -2.48. The van der Waals surface area contributed by atoms with Crippen LogP contribution in [-0.2, 0) is 14.3 Å². The van der Waals surface area contributed by atoms with E-state index in [2.05, 4.69) is 16.0 Å². The van der Waals surface area contributed by atoms with Gasteiger partial charge in [0.05, 0.1) is 42.6 Å². The van der Waals surface area contributed by atoms with Crippen molar-refractivity contribution in [3.8, 4) is 5.75 Å². The number of para-hydroxylation sites is 1. The zero-order valence-electron chi connectivity index (χ0n) is 19.2. The van der Waals surface area contributed by atoms with E-state index >= 15 is 0 Å². The number of hydrogen-bond acceptors (Lipinski definition) is 6. The van der Waals surface area contributed by atoms with Crippen molar-refractivity contribution in [1.29, 1.82) is 0 Å². The number of amides is 3. The Morgan fingerprint density at radius 1 is 1.15 bits per heavy atom. The third-order valence-corrected chi connectivity index (χ3v) is 5.42. The number of nitrogens with one attached hydrogen (secondary N) is 3. The Balaban J connectivity index is 1.83. The Labute approximate surface area is 203 Å². The predicted octanol–water partition coefficient (Wildman–Crippen LogP) is 3.09. The number of nitrogens with zero attached hydrogens (tertiary/aromatic N) is 1. The first-order valence-electron chi connectivity index (χ1n) is 10.7. The maximum Gasteiger partial charge on any atom is 0.338 e. The summed E-state index contributed by atoms with van der Waals surface area (Å²) in [5.41, 5.74) is 1.82. The predicted molar refractivity (Wildman–Crippen MR) is 129 cm³/mol.